The van der Waals surface area contributed by atoms with Gasteiger partial charge in [0.25, 0.3) is 5.69 Å². The minimum atomic E-state index is -0.499. The Morgan fingerprint density at radius 2 is 2.33 bits per heavy atom. The third-order valence-corrected chi connectivity index (χ3v) is 3.05. The smallest absolute Gasteiger partial charge is 0.271 e. The molecule has 94 valence electrons. The second-order valence-electron chi connectivity index (χ2n) is 3.21. The molecule has 1 N–H and O–H groups in total. The van der Waals surface area contributed by atoms with E-state index in [1.807, 2.05) is 0 Å². The normalized spacial score (nSPS) is 10.9. The zero-order valence-electron chi connectivity index (χ0n) is 9.60. The molecule has 0 unspecified atom stereocenters. The number of rotatable bonds is 2. The summed E-state index contributed by atoms with van der Waals surface area (Å²) >= 11 is 4.41. The van der Waals surface area contributed by atoms with Crippen molar-refractivity contribution in [3.63, 3.8) is 0 Å². The van der Waals surface area contributed by atoms with Gasteiger partial charge in [0.2, 0.25) is 0 Å². The third-order valence-electron chi connectivity index (χ3n) is 2.01. The standard InChI is InChI=1S/C10H9BrN4O2S/c1-6-3-7(11)4-8(15(16)17)9(6)14-10(18-2)13-5-12/h3-4H,1-2H3,(H,13,14). The highest BCUT2D eigenvalue weighted by Crippen LogP contribution is 2.34. The number of nitro benzene ring substituents is 1. The molecular weight excluding hydrogens is 320 g/mol. The molecule has 0 saturated heterocycles. The molecule has 0 aliphatic carbocycles. The van der Waals surface area contributed by atoms with E-state index in [9.17, 15) is 10.1 Å². The molecule has 0 fully saturated rings. The van der Waals surface area contributed by atoms with Crippen LogP contribution in [0.25, 0.3) is 0 Å². The summed E-state index contributed by atoms with van der Waals surface area (Å²) in [6.07, 6.45) is 3.46. The summed E-state index contributed by atoms with van der Waals surface area (Å²) in [6, 6.07) is 3.12. The van der Waals surface area contributed by atoms with E-state index >= 15 is 0 Å². The molecule has 8 heteroatoms. The molecule has 0 heterocycles. The lowest BCUT2D eigenvalue weighted by molar-refractivity contribution is -0.384. The number of nitro groups is 1. The summed E-state index contributed by atoms with van der Waals surface area (Å²) < 4.78 is 0.615. The van der Waals surface area contributed by atoms with Crippen LogP contribution in [0.3, 0.4) is 0 Å². The summed E-state index contributed by atoms with van der Waals surface area (Å²) in [4.78, 5) is 14.6. The van der Waals surface area contributed by atoms with Gasteiger partial charge in [-0.25, -0.2) is 4.99 Å². The molecule has 1 aromatic rings. The van der Waals surface area contributed by atoms with Crippen molar-refractivity contribution >= 4 is 44.2 Å². The number of amidine groups is 1. The summed E-state index contributed by atoms with van der Waals surface area (Å²) in [5, 5.41) is 22.2. The van der Waals surface area contributed by atoms with Crippen LogP contribution in [0.4, 0.5) is 11.4 Å². The Kier molecular flexibility index (Phi) is 5.12. The van der Waals surface area contributed by atoms with E-state index < -0.39 is 4.92 Å². The Morgan fingerprint density at radius 3 is 2.83 bits per heavy atom. The lowest BCUT2D eigenvalue weighted by atomic mass is 10.2. The van der Waals surface area contributed by atoms with Gasteiger partial charge in [-0.1, -0.05) is 27.7 Å². The topological polar surface area (TPSA) is 91.3 Å². The molecular formula is C10H9BrN4O2S. The highest BCUT2D eigenvalue weighted by Gasteiger charge is 2.17. The van der Waals surface area contributed by atoms with Gasteiger partial charge in [0.15, 0.2) is 11.4 Å². The predicted molar refractivity (Wildman–Crippen MR) is 74.9 cm³/mol. The largest absolute Gasteiger partial charge is 0.296 e. The molecule has 18 heavy (non-hydrogen) atoms. The molecule has 0 saturated carbocycles. The van der Waals surface area contributed by atoms with Crippen LogP contribution < -0.4 is 5.32 Å². The third kappa shape index (κ3) is 3.45. The fraction of sp³-hybridized carbons (Fsp3) is 0.200. The number of aliphatic imine (C=N–C) groups is 1. The summed E-state index contributed by atoms with van der Waals surface area (Å²) in [6.45, 7) is 1.72. The highest BCUT2D eigenvalue weighted by atomic mass is 79.9. The number of aryl methyl sites for hydroxylation is 1. The molecule has 0 aromatic heterocycles. The van der Waals surface area contributed by atoms with E-state index in [2.05, 4.69) is 26.2 Å². The maximum atomic E-state index is 11.0. The quantitative estimate of drug-likeness (QED) is 0.225. The summed E-state index contributed by atoms with van der Waals surface area (Å²) in [5.74, 6) is 0. The molecule has 1 rings (SSSR count). The molecule has 0 spiro atoms. The molecule has 0 aliphatic heterocycles. The van der Waals surface area contributed by atoms with E-state index in [1.54, 1.807) is 25.4 Å². The van der Waals surface area contributed by atoms with Crippen molar-refractivity contribution in [2.45, 2.75) is 6.92 Å². The number of nitrogens with zero attached hydrogens (tertiary/aromatic N) is 3. The van der Waals surface area contributed by atoms with E-state index in [1.165, 1.54) is 17.8 Å². The number of benzene rings is 1. The first kappa shape index (κ1) is 14.5. The van der Waals surface area contributed by atoms with Crippen LogP contribution in [-0.2, 0) is 0 Å². The second kappa shape index (κ2) is 6.37. The van der Waals surface area contributed by atoms with Crippen LogP contribution in [0.15, 0.2) is 21.6 Å². The zero-order chi connectivity index (χ0) is 13.7. The van der Waals surface area contributed by atoms with Gasteiger partial charge in [0.05, 0.1) is 4.92 Å². The van der Waals surface area contributed by atoms with Gasteiger partial charge in [0.1, 0.15) is 5.69 Å². The first-order chi connectivity index (χ1) is 8.49. The highest BCUT2D eigenvalue weighted by molar-refractivity contribution is 9.10. The fourth-order valence-electron chi connectivity index (χ4n) is 1.28. The number of nitriles is 1. The van der Waals surface area contributed by atoms with Gasteiger partial charge in [-0.15, -0.1) is 0 Å². The monoisotopic (exact) mass is 328 g/mol. The van der Waals surface area contributed by atoms with E-state index in [4.69, 9.17) is 5.26 Å². The minimum Gasteiger partial charge on any atom is -0.271 e. The Morgan fingerprint density at radius 1 is 1.67 bits per heavy atom. The number of hydrogen-bond donors (Lipinski definition) is 1. The molecule has 6 nitrogen and oxygen atoms in total. The Labute approximate surface area is 116 Å². The number of hydrogen-bond acceptors (Lipinski definition) is 5. The van der Waals surface area contributed by atoms with Crippen LogP contribution in [0.5, 0.6) is 0 Å². The van der Waals surface area contributed by atoms with Crippen molar-refractivity contribution < 1.29 is 4.92 Å². The van der Waals surface area contributed by atoms with Crippen LogP contribution in [0, 0.1) is 28.5 Å². The van der Waals surface area contributed by atoms with Gasteiger partial charge >= 0.3 is 0 Å². The molecule has 1 aromatic carbocycles. The van der Waals surface area contributed by atoms with Gasteiger partial charge in [-0.2, -0.15) is 5.26 Å². The molecule has 0 atom stereocenters. The first-order valence-electron chi connectivity index (χ1n) is 4.72. The summed E-state index contributed by atoms with van der Waals surface area (Å²) in [7, 11) is 0. The lowest BCUT2D eigenvalue weighted by Crippen LogP contribution is -2.12. The van der Waals surface area contributed by atoms with E-state index in [0.29, 0.717) is 15.2 Å². The van der Waals surface area contributed by atoms with Gasteiger partial charge in [-0.3, -0.25) is 15.4 Å². The molecule has 0 bridgehead atoms. The fourth-order valence-corrected chi connectivity index (χ4v) is 2.17. The Bertz CT molecular complexity index is 554. The van der Waals surface area contributed by atoms with Crippen molar-refractivity contribution in [2.24, 2.45) is 4.99 Å². The van der Waals surface area contributed by atoms with Crippen molar-refractivity contribution in [3.8, 4) is 6.19 Å². The van der Waals surface area contributed by atoms with Gasteiger partial charge in [0, 0.05) is 10.5 Å². The predicted octanol–water partition coefficient (Wildman–Crippen LogP) is 3.09. The Hall–Kier alpha value is -1.59. The van der Waals surface area contributed by atoms with Crippen molar-refractivity contribution in [1.82, 2.24) is 5.32 Å². The SMILES string of the molecule is CSC(=Nc1c(C)cc(Br)cc1[N+](=O)[O-])NC#N. The molecule has 0 amide bonds. The number of thioether (sulfide) groups is 1. The van der Waals surface area contributed by atoms with Crippen LogP contribution >= 0.6 is 27.7 Å². The van der Waals surface area contributed by atoms with Gasteiger partial charge in [-0.05, 0) is 24.8 Å². The van der Waals surface area contributed by atoms with Crippen molar-refractivity contribution in [3.05, 3.63) is 32.3 Å². The van der Waals surface area contributed by atoms with Crippen LogP contribution in [0.2, 0.25) is 0 Å². The lowest BCUT2D eigenvalue weighted by Gasteiger charge is -2.05. The molecule has 0 radical (unpaired) electrons. The number of halogens is 1. The van der Waals surface area contributed by atoms with Crippen molar-refractivity contribution in [2.75, 3.05) is 6.26 Å². The summed E-state index contributed by atoms with van der Waals surface area (Å²) in [5.41, 5.74) is 0.797. The van der Waals surface area contributed by atoms with E-state index in [0.717, 1.165) is 0 Å². The van der Waals surface area contributed by atoms with Crippen LogP contribution in [0.1, 0.15) is 5.56 Å². The maximum absolute atomic E-state index is 11.0. The second-order valence-corrected chi connectivity index (χ2v) is 4.92. The average molecular weight is 329 g/mol. The van der Waals surface area contributed by atoms with Crippen molar-refractivity contribution in [1.29, 1.82) is 5.26 Å². The molecule has 0 aliphatic rings. The zero-order valence-corrected chi connectivity index (χ0v) is 12.0. The van der Waals surface area contributed by atoms with E-state index in [-0.39, 0.29) is 11.4 Å². The Balaban J connectivity index is 3.39. The minimum absolute atomic E-state index is 0.104. The first-order valence-corrected chi connectivity index (χ1v) is 6.73. The maximum Gasteiger partial charge on any atom is 0.296 e. The average Bonchev–Trinajstić information content (AvgIpc) is 2.30. The van der Waals surface area contributed by atoms with Crippen LogP contribution in [-0.4, -0.2) is 16.3 Å². The number of nitrogens with one attached hydrogen (secondary N) is 1. The van der Waals surface area contributed by atoms with Gasteiger partial charge < -0.3 is 0 Å².